The summed E-state index contributed by atoms with van der Waals surface area (Å²) >= 11 is 0. The number of aromatic nitrogens is 1. The molecule has 0 aliphatic heterocycles. The number of benzene rings is 1. The zero-order valence-electron chi connectivity index (χ0n) is 18.1. The average molecular weight is 430 g/mol. The van der Waals surface area contributed by atoms with Crippen LogP contribution in [0.5, 0.6) is 0 Å². The van der Waals surface area contributed by atoms with Gasteiger partial charge in [0.05, 0.1) is 0 Å². The molecule has 0 fully saturated rings. The SMILES string of the molecule is C.C/C=C1\C2C=C(C)CC1(N=C/C=C/c1cccc(C(=O)NC)c1)c1ccc(=O)[nH]c1C2. The van der Waals surface area contributed by atoms with E-state index in [4.69, 9.17) is 4.99 Å². The molecule has 2 bridgehead atoms. The fourth-order valence-electron chi connectivity index (χ4n) is 4.90. The average Bonchev–Trinajstić information content (AvgIpc) is 2.75. The Bertz CT molecular complexity index is 1200. The normalized spacial score (nSPS) is 23.0. The fraction of sp³-hybridized carbons (Fsp3) is 0.296. The summed E-state index contributed by atoms with van der Waals surface area (Å²) < 4.78 is 0. The second kappa shape index (κ2) is 9.35. The van der Waals surface area contributed by atoms with Gasteiger partial charge >= 0.3 is 0 Å². The number of carbonyl (C=O) groups excluding carboxylic acids is 1. The lowest BCUT2D eigenvalue weighted by Crippen LogP contribution is -2.40. The molecule has 32 heavy (non-hydrogen) atoms. The Morgan fingerprint density at radius 3 is 2.84 bits per heavy atom. The third-order valence-corrected chi connectivity index (χ3v) is 6.12. The van der Waals surface area contributed by atoms with E-state index in [1.54, 1.807) is 19.2 Å². The van der Waals surface area contributed by atoms with Crippen LogP contribution in [-0.4, -0.2) is 24.2 Å². The van der Waals surface area contributed by atoms with E-state index in [1.807, 2.05) is 42.6 Å². The van der Waals surface area contributed by atoms with Crippen molar-refractivity contribution in [2.24, 2.45) is 10.9 Å². The first-order valence-corrected chi connectivity index (χ1v) is 10.6. The minimum absolute atomic E-state index is 0. The molecule has 166 valence electrons. The van der Waals surface area contributed by atoms with Gasteiger partial charge in [-0.05, 0) is 55.7 Å². The van der Waals surface area contributed by atoms with Gasteiger partial charge in [0.2, 0.25) is 5.56 Å². The van der Waals surface area contributed by atoms with Crippen LogP contribution in [0.4, 0.5) is 0 Å². The van der Waals surface area contributed by atoms with E-state index in [2.05, 4.69) is 36.3 Å². The summed E-state index contributed by atoms with van der Waals surface area (Å²) in [4.78, 5) is 31.9. The number of fused-ring (bicyclic) bond motifs is 4. The Labute approximate surface area is 189 Å². The van der Waals surface area contributed by atoms with Gasteiger partial charge in [0.1, 0.15) is 5.54 Å². The molecule has 1 aromatic carbocycles. The summed E-state index contributed by atoms with van der Waals surface area (Å²) in [7, 11) is 1.62. The molecule has 2 N–H and O–H groups in total. The highest BCUT2D eigenvalue weighted by molar-refractivity contribution is 5.94. The monoisotopic (exact) mass is 429 g/mol. The summed E-state index contributed by atoms with van der Waals surface area (Å²) in [6, 6.07) is 11.0. The quantitative estimate of drug-likeness (QED) is 0.540. The van der Waals surface area contributed by atoms with E-state index in [0.717, 1.165) is 29.7 Å². The predicted molar refractivity (Wildman–Crippen MR) is 132 cm³/mol. The minimum Gasteiger partial charge on any atom is -0.355 e. The second-order valence-corrected chi connectivity index (χ2v) is 8.16. The van der Waals surface area contributed by atoms with E-state index in [9.17, 15) is 9.59 Å². The maximum atomic E-state index is 11.9. The van der Waals surface area contributed by atoms with Crippen molar-refractivity contribution >= 4 is 18.2 Å². The van der Waals surface area contributed by atoms with Crippen LogP contribution < -0.4 is 10.9 Å². The minimum atomic E-state index is -0.496. The summed E-state index contributed by atoms with van der Waals surface area (Å²) in [6.45, 7) is 4.22. The smallest absolute Gasteiger partial charge is 0.251 e. The highest BCUT2D eigenvalue weighted by atomic mass is 16.1. The zero-order valence-corrected chi connectivity index (χ0v) is 18.1. The van der Waals surface area contributed by atoms with Gasteiger partial charge < -0.3 is 10.3 Å². The van der Waals surface area contributed by atoms with Crippen molar-refractivity contribution in [3.05, 3.63) is 98.5 Å². The van der Waals surface area contributed by atoms with Crippen LogP contribution in [0.15, 0.2) is 75.6 Å². The van der Waals surface area contributed by atoms with Crippen molar-refractivity contribution in [2.75, 3.05) is 7.05 Å². The van der Waals surface area contributed by atoms with Gasteiger partial charge in [0.25, 0.3) is 5.91 Å². The molecular formula is C27H31N3O2. The molecule has 5 nitrogen and oxygen atoms in total. The molecule has 0 saturated carbocycles. The number of rotatable bonds is 4. The molecule has 2 aromatic rings. The number of hydrogen-bond donors (Lipinski definition) is 2. The number of nitrogens with one attached hydrogen (secondary N) is 2. The van der Waals surface area contributed by atoms with E-state index in [-0.39, 0.29) is 24.8 Å². The highest BCUT2D eigenvalue weighted by Gasteiger charge is 2.46. The van der Waals surface area contributed by atoms with Crippen molar-refractivity contribution < 1.29 is 4.79 Å². The summed E-state index contributed by atoms with van der Waals surface area (Å²) in [5, 5.41) is 2.64. The molecule has 5 heteroatoms. The third kappa shape index (κ3) is 4.15. The molecule has 4 rings (SSSR count). The van der Waals surface area contributed by atoms with Crippen LogP contribution in [0.2, 0.25) is 0 Å². The summed E-state index contributed by atoms with van der Waals surface area (Å²) in [5.74, 6) is 0.138. The lowest BCUT2D eigenvalue weighted by Gasteiger charge is -2.45. The zero-order chi connectivity index (χ0) is 22.0. The van der Waals surface area contributed by atoms with E-state index in [0.29, 0.717) is 5.56 Å². The van der Waals surface area contributed by atoms with Crippen molar-refractivity contribution in [2.45, 2.75) is 39.7 Å². The number of aliphatic imine (C=N–C) groups is 1. The van der Waals surface area contributed by atoms with E-state index >= 15 is 0 Å². The van der Waals surface area contributed by atoms with Crippen LogP contribution in [0, 0.1) is 5.92 Å². The molecule has 2 atom stereocenters. The molecule has 0 saturated heterocycles. The molecule has 1 heterocycles. The highest BCUT2D eigenvalue weighted by Crippen LogP contribution is 2.51. The Morgan fingerprint density at radius 1 is 1.28 bits per heavy atom. The third-order valence-electron chi connectivity index (χ3n) is 6.12. The first-order chi connectivity index (χ1) is 15.0. The topological polar surface area (TPSA) is 74.3 Å². The molecule has 1 amide bonds. The van der Waals surface area contributed by atoms with Crippen molar-refractivity contribution in [1.29, 1.82) is 0 Å². The number of H-pyrrole nitrogens is 1. The van der Waals surface area contributed by atoms with Crippen molar-refractivity contribution in [3.8, 4) is 0 Å². The van der Waals surface area contributed by atoms with Gasteiger partial charge in [-0.25, -0.2) is 0 Å². The lowest BCUT2D eigenvalue weighted by molar-refractivity contribution is 0.0963. The van der Waals surface area contributed by atoms with Crippen molar-refractivity contribution in [3.63, 3.8) is 0 Å². The van der Waals surface area contributed by atoms with Gasteiger partial charge in [-0.2, -0.15) is 0 Å². The lowest BCUT2D eigenvalue weighted by atomic mass is 9.63. The van der Waals surface area contributed by atoms with Crippen LogP contribution >= 0.6 is 0 Å². The van der Waals surface area contributed by atoms with Gasteiger partial charge in [0, 0.05) is 48.5 Å². The molecule has 2 aliphatic rings. The molecule has 2 aliphatic carbocycles. The maximum Gasteiger partial charge on any atom is 0.251 e. The molecule has 0 radical (unpaired) electrons. The molecule has 1 aromatic heterocycles. The Hall–Kier alpha value is -3.47. The standard InChI is InChI=1S/C26H27N3O2.CH4/c1-4-21-20-13-17(2)16-26(21,22-10-11-24(30)29-23(22)15-20)28-12-6-8-18-7-5-9-19(14-18)25(31)27-3;/h4-14,20H,15-16H2,1-3H3,(H,27,31)(H,29,30);1H4/b8-6+,21-4+,28-12?;. The first-order valence-electron chi connectivity index (χ1n) is 10.6. The van der Waals surface area contributed by atoms with E-state index < -0.39 is 5.54 Å². The fourth-order valence-corrected chi connectivity index (χ4v) is 4.90. The van der Waals surface area contributed by atoms with Gasteiger partial charge in [-0.1, -0.05) is 43.4 Å². The second-order valence-electron chi connectivity index (χ2n) is 8.16. The number of pyridine rings is 1. The molecule has 2 unspecified atom stereocenters. The van der Waals surface area contributed by atoms with Gasteiger partial charge in [-0.3, -0.25) is 14.6 Å². The van der Waals surface area contributed by atoms with Gasteiger partial charge in [-0.15, -0.1) is 0 Å². The Kier molecular flexibility index (Phi) is 6.78. The van der Waals surface area contributed by atoms with Crippen molar-refractivity contribution in [1.82, 2.24) is 10.3 Å². The predicted octanol–water partition coefficient (Wildman–Crippen LogP) is 4.82. The summed E-state index contributed by atoms with van der Waals surface area (Å²) in [6.07, 6.45) is 11.8. The number of aromatic amines is 1. The Balaban J connectivity index is 0.00000289. The van der Waals surface area contributed by atoms with E-state index in [1.165, 1.54) is 11.1 Å². The number of amides is 1. The van der Waals surface area contributed by atoms with Crippen LogP contribution in [0.3, 0.4) is 0 Å². The largest absolute Gasteiger partial charge is 0.355 e. The number of nitrogens with zero attached hydrogens (tertiary/aromatic N) is 1. The first kappa shape index (κ1) is 23.2. The number of hydrogen-bond acceptors (Lipinski definition) is 3. The summed E-state index contributed by atoms with van der Waals surface area (Å²) in [5.41, 5.74) is 5.64. The van der Waals surface area contributed by atoms with Crippen LogP contribution in [0.1, 0.15) is 54.9 Å². The maximum absolute atomic E-state index is 11.9. The van der Waals surface area contributed by atoms with Crippen LogP contribution in [-0.2, 0) is 12.0 Å². The molecule has 0 spiro atoms. The van der Waals surface area contributed by atoms with Gasteiger partial charge in [0.15, 0.2) is 0 Å². The Morgan fingerprint density at radius 2 is 2.09 bits per heavy atom. The number of allylic oxidation sites excluding steroid dienone is 3. The molecular weight excluding hydrogens is 398 g/mol. The van der Waals surface area contributed by atoms with Crippen LogP contribution in [0.25, 0.3) is 6.08 Å². The number of carbonyl (C=O) groups is 1.